The summed E-state index contributed by atoms with van der Waals surface area (Å²) in [6, 6.07) is -1.36. The molecule has 1 heterocycles. The molecule has 6 nitrogen and oxygen atoms in total. The molecular weight excluding hydrogens is 250 g/mol. The minimum Gasteiger partial charge on any atom is -0.467 e. The summed E-state index contributed by atoms with van der Waals surface area (Å²) >= 11 is 0. The van der Waals surface area contributed by atoms with Crippen LogP contribution in [0.5, 0.6) is 0 Å². The number of carbonyl (C=O) groups excluding carboxylic acids is 3. The molecule has 0 aromatic heterocycles. The molecule has 1 saturated heterocycles. The van der Waals surface area contributed by atoms with Crippen LogP contribution in [-0.4, -0.2) is 48.0 Å². The number of nitrogens with zero attached hydrogens (tertiary/aromatic N) is 1. The van der Waals surface area contributed by atoms with Gasteiger partial charge in [0.2, 0.25) is 0 Å². The first-order valence-corrected chi connectivity index (χ1v) is 6.55. The fourth-order valence-corrected chi connectivity index (χ4v) is 2.50. The smallest absolute Gasteiger partial charge is 0.411 e. The van der Waals surface area contributed by atoms with Crippen molar-refractivity contribution in [2.24, 2.45) is 5.92 Å². The van der Waals surface area contributed by atoms with E-state index in [1.165, 1.54) is 12.0 Å². The number of esters is 1. The summed E-state index contributed by atoms with van der Waals surface area (Å²) in [5, 5.41) is 0. The zero-order valence-corrected chi connectivity index (χ0v) is 11.4. The number of likely N-dealkylation sites (tertiary alicyclic amines) is 1. The molecule has 0 N–H and O–H groups in total. The Kier molecular flexibility index (Phi) is 3.78. The van der Waals surface area contributed by atoms with Crippen molar-refractivity contribution in [1.82, 2.24) is 4.90 Å². The maximum absolute atomic E-state index is 12.1. The zero-order valence-electron chi connectivity index (χ0n) is 11.4. The summed E-state index contributed by atoms with van der Waals surface area (Å²) in [7, 11) is 1.21. The molecule has 2 rings (SSSR count). The molecule has 0 radical (unpaired) electrons. The average molecular weight is 269 g/mol. The predicted octanol–water partition coefficient (Wildman–Crippen LogP) is 1.13. The van der Waals surface area contributed by atoms with Crippen LogP contribution in [0.3, 0.4) is 0 Å². The van der Waals surface area contributed by atoms with Gasteiger partial charge in [-0.1, -0.05) is 0 Å². The molecule has 0 spiro atoms. The Bertz CT molecular complexity index is 402. The number of hydrogen-bond donors (Lipinski definition) is 0. The zero-order chi connectivity index (χ0) is 14.2. The van der Waals surface area contributed by atoms with Gasteiger partial charge in [-0.2, -0.15) is 0 Å². The summed E-state index contributed by atoms with van der Waals surface area (Å²) in [4.78, 5) is 37.1. The van der Waals surface area contributed by atoms with Crippen LogP contribution in [0.1, 0.15) is 33.1 Å². The van der Waals surface area contributed by atoms with Crippen LogP contribution in [0, 0.1) is 5.92 Å². The molecule has 6 heteroatoms. The first-order chi connectivity index (χ1) is 8.95. The molecule has 2 fully saturated rings. The monoisotopic (exact) mass is 269 g/mol. The van der Waals surface area contributed by atoms with Gasteiger partial charge in [0.1, 0.15) is 0 Å². The summed E-state index contributed by atoms with van der Waals surface area (Å²) in [5.41, 5.74) is 0. The summed E-state index contributed by atoms with van der Waals surface area (Å²) in [5.74, 6) is -0.642. The Morgan fingerprint density at radius 1 is 1.32 bits per heavy atom. The van der Waals surface area contributed by atoms with E-state index in [1.807, 2.05) is 0 Å². The van der Waals surface area contributed by atoms with Crippen LogP contribution in [0.2, 0.25) is 0 Å². The maximum atomic E-state index is 12.1. The van der Waals surface area contributed by atoms with Crippen molar-refractivity contribution in [3.8, 4) is 0 Å². The number of carbonyl (C=O) groups is 3. The van der Waals surface area contributed by atoms with E-state index < -0.39 is 18.1 Å². The Balaban J connectivity index is 2.22. The highest BCUT2D eigenvalue weighted by molar-refractivity contribution is 6.07. The van der Waals surface area contributed by atoms with E-state index in [9.17, 15) is 14.4 Å². The van der Waals surface area contributed by atoms with Crippen LogP contribution < -0.4 is 0 Å². The van der Waals surface area contributed by atoms with Crippen LogP contribution >= 0.6 is 0 Å². The van der Waals surface area contributed by atoms with Crippen LogP contribution in [0.25, 0.3) is 0 Å². The van der Waals surface area contributed by atoms with Crippen molar-refractivity contribution >= 4 is 17.8 Å². The Morgan fingerprint density at radius 2 is 1.95 bits per heavy atom. The molecule has 106 valence electrons. The van der Waals surface area contributed by atoms with Gasteiger partial charge in [0.15, 0.2) is 11.8 Å². The van der Waals surface area contributed by atoms with Gasteiger partial charge in [0, 0.05) is 12.5 Å². The Hall–Kier alpha value is -1.59. The summed E-state index contributed by atoms with van der Waals surface area (Å²) in [6.07, 6.45) is 1.29. The number of methoxy groups -OCH3 is 1. The lowest BCUT2D eigenvalue weighted by Gasteiger charge is -2.27. The second-order valence-corrected chi connectivity index (χ2v) is 5.34. The molecule has 1 aliphatic heterocycles. The van der Waals surface area contributed by atoms with E-state index in [0.717, 1.165) is 12.8 Å². The third-order valence-corrected chi connectivity index (χ3v) is 3.49. The molecule has 0 bridgehead atoms. The molecule has 1 saturated carbocycles. The van der Waals surface area contributed by atoms with Crippen molar-refractivity contribution < 1.29 is 23.9 Å². The number of Topliss-reactive ketones (excluding diaryl/α,β-unsaturated/α-hetero) is 1. The van der Waals surface area contributed by atoms with E-state index in [1.54, 1.807) is 13.8 Å². The molecule has 19 heavy (non-hydrogen) atoms. The van der Waals surface area contributed by atoms with Crippen molar-refractivity contribution in [2.45, 2.75) is 51.3 Å². The highest BCUT2D eigenvalue weighted by atomic mass is 16.6. The number of rotatable bonds is 3. The number of ketones is 1. The Morgan fingerprint density at radius 3 is 2.42 bits per heavy atom. The SMILES string of the molecule is COC(=O)C1C(=O)CC(C2CC2)N1C(=O)OC(C)C. The fourth-order valence-electron chi connectivity index (χ4n) is 2.50. The minimum absolute atomic E-state index is 0.220. The number of amides is 1. The highest BCUT2D eigenvalue weighted by Crippen LogP contribution is 2.41. The van der Waals surface area contributed by atoms with E-state index in [-0.39, 0.29) is 24.3 Å². The van der Waals surface area contributed by atoms with Crippen molar-refractivity contribution in [3.63, 3.8) is 0 Å². The molecule has 0 aromatic carbocycles. The third kappa shape index (κ3) is 2.72. The normalized spacial score (nSPS) is 26.7. The minimum atomic E-state index is -1.14. The van der Waals surface area contributed by atoms with E-state index in [2.05, 4.69) is 4.74 Å². The van der Waals surface area contributed by atoms with Crippen molar-refractivity contribution in [1.29, 1.82) is 0 Å². The molecule has 0 aromatic rings. The van der Waals surface area contributed by atoms with Crippen molar-refractivity contribution in [3.05, 3.63) is 0 Å². The quantitative estimate of drug-likeness (QED) is 0.567. The van der Waals surface area contributed by atoms with E-state index in [0.29, 0.717) is 5.92 Å². The van der Waals surface area contributed by atoms with Crippen LogP contribution in [0.15, 0.2) is 0 Å². The Labute approximate surface area is 112 Å². The number of hydrogen-bond acceptors (Lipinski definition) is 5. The highest BCUT2D eigenvalue weighted by Gasteiger charge is 2.53. The standard InChI is InChI=1S/C13H19NO5/c1-7(2)19-13(17)14-9(8-4-5-8)6-10(15)11(14)12(16)18-3/h7-9,11H,4-6H2,1-3H3. The van der Waals surface area contributed by atoms with E-state index in [4.69, 9.17) is 4.74 Å². The van der Waals surface area contributed by atoms with Gasteiger partial charge in [0.25, 0.3) is 0 Å². The van der Waals surface area contributed by atoms with Gasteiger partial charge in [-0.3, -0.25) is 9.69 Å². The van der Waals surface area contributed by atoms with Gasteiger partial charge in [0.05, 0.1) is 13.2 Å². The van der Waals surface area contributed by atoms with Gasteiger partial charge >= 0.3 is 12.1 Å². The fraction of sp³-hybridized carbons (Fsp3) is 0.769. The van der Waals surface area contributed by atoms with Gasteiger partial charge in [-0.05, 0) is 32.6 Å². The van der Waals surface area contributed by atoms with Crippen LogP contribution in [0.4, 0.5) is 4.79 Å². The molecule has 2 unspecified atom stereocenters. The largest absolute Gasteiger partial charge is 0.467 e. The van der Waals surface area contributed by atoms with Gasteiger partial charge < -0.3 is 9.47 Å². The first-order valence-electron chi connectivity index (χ1n) is 6.55. The topological polar surface area (TPSA) is 72.9 Å². The first kappa shape index (κ1) is 13.8. The average Bonchev–Trinajstić information content (AvgIpc) is 3.11. The molecule has 1 aliphatic carbocycles. The summed E-state index contributed by atoms with van der Waals surface area (Å²) in [6.45, 7) is 3.46. The molecule has 2 aliphatic rings. The van der Waals surface area contributed by atoms with Crippen LogP contribution in [-0.2, 0) is 19.1 Å². The predicted molar refractivity (Wildman–Crippen MR) is 65.4 cm³/mol. The molecular formula is C13H19NO5. The van der Waals surface area contributed by atoms with Gasteiger partial charge in [-0.15, -0.1) is 0 Å². The second kappa shape index (κ2) is 5.19. The summed E-state index contributed by atoms with van der Waals surface area (Å²) < 4.78 is 9.77. The maximum Gasteiger partial charge on any atom is 0.411 e. The van der Waals surface area contributed by atoms with Crippen molar-refractivity contribution in [2.75, 3.05) is 7.11 Å². The molecule has 1 amide bonds. The molecule has 2 atom stereocenters. The third-order valence-electron chi connectivity index (χ3n) is 3.49. The van der Waals surface area contributed by atoms with E-state index >= 15 is 0 Å². The second-order valence-electron chi connectivity index (χ2n) is 5.34. The lowest BCUT2D eigenvalue weighted by molar-refractivity contribution is -0.148. The van der Waals surface area contributed by atoms with Gasteiger partial charge in [-0.25, -0.2) is 9.59 Å². The number of ether oxygens (including phenoxy) is 2. The lowest BCUT2D eigenvalue weighted by Crippen LogP contribution is -2.48. The lowest BCUT2D eigenvalue weighted by atomic mass is 10.1.